The fourth-order valence-corrected chi connectivity index (χ4v) is 3.33. The number of carbonyl (C=O) groups excluding carboxylic acids is 2. The molecule has 0 unspecified atom stereocenters. The number of ketones is 1. The van der Waals surface area contributed by atoms with Gasteiger partial charge >= 0.3 is 5.97 Å². The summed E-state index contributed by atoms with van der Waals surface area (Å²) in [4.78, 5) is 29.0. The standard InChI is InChI=1S/C22H33NO6/c1-13(2)21(15(4)28-12-16-7-6-8-16)29-22(26)14(3)11-17(24)19-20(25)18(27-5)9-10-23-19/h9-10,13-16,21,25H,6-8,11-12H2,1-5H3/t14-,15+,21-/m1/s1. The molecule has 0 saturated heterocycles. The van der Waals surface area contributed by atoms with Crippen LogP contribution in [0.1, 0.15) is 63.9 Å². The number of methoxy groups -OCH3 is 1. The number of hydrogen-bond donors (Lipinski definition) is 1. The Morgan fingerprint density at radius 1 is 1.24 bits per heavy atom. The zero-order valence-electron chi connectivity index (χ0n) is 18.0. The van der Waals surface area contributed by atoms with Crippen molar-refractivity contribution >= 4 is 11.8 Å². The molecule has 1 aromatic heterocycles. The van der Waals surface area contributed by atoms with Gasteiger partial charge in [-0.15, -0.1) is 0 Å². The summed E-state index contributed by atoms with van der Waals surface area (Å²) in [5.74, 6) is -1.04. The number of hydrogen-bond acceptors (Lipinski definition) is 7. The summed E-state index contributed by atoms with van der Waals surface area (Å²) in [6.45, 7) is 8.21. The Balaban J connectivity index is 1.94. The molecule has 1 N–H and O–H groups in total. The van der Waals surface area contributed by atoms with Gasteiger partial charge in [-0.05, 0) is 31.6 Å². The maximum absolute atomic E-state index is 12.6. The molecule has 0 spiro atoms. The van der Waals surface area contributed by atoms with Gasteiger partial charge in [0.05, 0.1) is 19.1 Å². The fraction of sp³-hybridized carbons (Fsp3) is 0.682. The van der Waals surface area contributed by atoms with E-state index in [-0.39, 0.29) is 41.7 Å². The first-order chi connectivity index (χ1) is 13.7. The Morgan fingerprint density at radius 2 is 1.93 bits per heavy atom. The van der Waals surface area contributed by atoms with Crippen molar-refractivity contribution < 1.29 is 28.9 Å². The van der Waals surface area contributed by atoms with Gasteiger partial charge in [-0.2, -0.15) is 0 Å². The first-order valence-corrected chi connectivity index (χ1v) is 10.3. The number of Topliss-reactive ketones (excluding diaryl/α,β-unsaturated/α-hetero) is 1. The third kappa shape index (κ3) is 6.16. The Morgan fingerprint density at radius 3 is 2.48 bits per heavy atom. The van der Waals surface area contributed by atoms with Crippen LogP contribution in [0.25, 0.3) is 0 Å². The van der Waals surface area contributed by atoms with Gasteiger partial charge in [-0.25, -0.2) is 4.98 Å². The molecule has 3 atom stereocenters. The summed E-state index contributed by atoms with van der Waals surface area (Å²) in [5, 5.41) is 10.1. The van der Waals surface area contributed by atoms with Crippen molar-refractivity contribution in [1.82, 2.24) is 4.98 Å². The normalized spacial score (nSPS) is 17.3. The van der Waals surface area contributed by atoms with Gasteiger partial charge in [0.25, 0.3) is 0 Å². The number of nitrogens with zero attached hydrogens (tertiary/aromatic N) is 1. The molecule has 7 nitrogen and oxygen atoms in total. The highest BCUT2D eigenvalue weighted by molar-refractivity contribution is 5.99. The van der Waals surface area contributed by atoms with Crippen LogP contribution in [0.3, 0.4) is 0 Å². The van der Waals surface area contributed by atoms with Crippen molar-refractivity contribution in [3.8, 4) is 11.5 Å². The topological polar surface area (TPSA) is 95.0 Å². The molecule has 0 aliphatic heterocycles. The average molecular weight is 408 g/mol. The van der Waals surface area contributed by atoms with Crippen molar-refractivity contribution in [2.75, 3.05) is 13.7 Å². The molecule has 0 radical (unpaired) electrons. The highest BCUT2D eigenvalue weighted by Gasteiger charge is 2.30. The van der Waals surface area contributed by atoms with Crippen molar-refractivity contribution in [3.63, 3.8) is 0 Å². The second-order valence-electron chi connectivity index (χ2n) is 8.22. The molecule has 1 heterocycles. The monoisotopic (exact) mass is 407 g/mol. The van der Waals surface area contributed by atoms with Gasteiger partial charge in [0.15, 0.2) is 23.0 Å². The molecule has 1 saturated carbocycles. The molecule has 7 heteroatoms. The molecule has 162 valence electrons. The number of esters is 1. The van der Waals surface area contributed by atoms with E-state index in [1.165, 1.54) is 38.6 Å². The lowest BCUT2D eigenvalue weighted by Crippen LogP contribution is -2.38. The maximum atomic E-state index is 12.6. The molecule has 0 aromatic carbocycles. The minimum absolute atomic E-state index is 0.0855. The largest absolute Gasteiger partial charge is 0.503 e. The number of aromatic nitrogens is 1. The Hall–Kier alpha value is -2.15. The molecule has 1 aromatic rings. The first kappa shape index (κ1) is 23.1. The van der Waals surface area contributed by atoms with Crippen molar-refractivity contribution in [2.45, 2.75) is 65.6 Å². The molecule has 2 rings (SSSR count). The summed E-state index contributed by atoms with van der Waals surface area (Å²) >= 11 is 0. The van der Waals surface area contributed by atoms with Gasteiger partial charge in [-0.3, -0.25) is 9.59 Å². The summed E-state index contributed by atoms with van der Waals surface area (Å²) in [6, 6.07) is 1.46. The Kier molecular flexibility index (Phi) is 8.44. The zero-order valence-corrected chi connectivity index (χ0v) is 18.0. The third-order valence-corrected chi connectivity index (χ3v) is 5.46. The zero-order chi connectivity index (χ0) is 21.6. The summed E-state index contributed by atoms with van der Waals surface area (Å²) in [5.41, 5.74) is -0.110. The van der Waals surface area contributed by atoms with Crippen molar-refractivity contribution in [2.24, 2.45) is 17.8 Å². The molecule has 1 aliphatic carbocycles. The lowest BCUT2D eigenvalue weighted by molar-refractivity contribution is -0.166. The van der Waals surface area contributed by atoms with Crippen molar-refractivity contribution in [1.29, 1.82) is 0 Å². The second-order valence-corrected chi connectivity index (χ2v) is 8.22. The van der Waals surface area contributed by atoms with Crippen LogP contribution in [0.15, 0.2) is 12.3 Å². The van der Waals surface area contributed by atoms with E-state index < -0.39 is 17.7 Å². The summed E-state index contributed by atoms with van der Waals surface area (Å²) < 4.78 is 16.6. The van der Waals surface area contributed by atoms with E-state index in [1.54, 1.807) is 6.92 Å². The van der Waals surface area contributed by atoms with E-state index in [9.17, 15) is 14.7 Å². The quantitative estimate of drug-likeness (QED) is 0.440. The van der Waals surface area contributed by atoms with Crippen LogP contribution in [0.5, 0.6) is 11.5 Å². The smallest absolute Gasteiger partial charge is 0.309 e. The molecule has 0 amide bonds. The van der Waals surface area contributed by atoms with E-state index in [4.69, 9.17) is 14.2 Å². The third-order valence-electron chi connectivity index (χ3n) is 5.46. The molecule has 1 fully saturated rings. The van der Waals surface area contributed by atoms with Gasteiger partial charge < -0.3 is 19.3 Å². The molecular weight excluding hydrogens is 374 g/mol. The van der Waals surface area contributed by atoms with E-state index in [2.05, 4.69) is 4.98 Å². The van der Waals surface area contributed by atoms with Crippen LogP contribution in [0.2, 0.25) is 0 Å². The summed E-state index contributed by atoms with van der Waals surface area (Å²) in [7, 11) is 1.39. The number of aromatic hydroxyl groups is 1. The van der Waals surface area contributed by atoms with E-state index >= 15 is 0 Å². The first-order valence-electron chi connectivity index (χ1n) is 10.3. The van der Waals surface area contributed by atoms with Crippen LogP contribution in [0, 0.1) is 17.8 Å². The molecule has 0 bridgehead atoms. The minimum atomic E-state index is -0.671. The number of ether oxygens (including phenoxy) is 3. The molecular formula is C22H33NO6. The number of pyridine rings is 1. The van der Waals surface area contributed by atoms with Gasteiger partial charge in [0.1, 0.15) is 6.10 Å². The fourth-order valence-electron chi connectivity index (χ4n) is 3.33. The highest BCUT2D eigenvalue weighted by atomic mass is 16.6. The van der Waals surface area contributed by atoms with Crippen LogP contribution < -0.4 is 4.74 Å². The number of carbonyl (C=O) groups is 2. The van der Waals surface area contributed by atoms with Gasteiger partial charge in [0.2, 0.25) is 0 Å². The Bertz CT molecular complexity index is 701. The van der Waals surface area contributed by atoms with E-state index in [0.717, 1.165) is 0 Å². The van der Waals surface area contributed by atoms with Crippen LogP contribution >= 0.6 is 0 Å². The lowest BCUT2D eigenvalue weighted by Gasteiger charge is -2.31. The maximum Gasteiger partial charge on any atom is 0.309 e. The van der Waals surface area contributed by atoms with Crippen LogP contribution in [-0.4, -0.2) is 47.8 Å². The average Bonchev–Trinajstić information content (AvgIpc) is 2.64. The predicted octanol–water partition coefficient (Wildman–Crippen LogP) is 3.78. The van der Waals surface area contributed by atoms with Crippen molar-refractivity contribution in [3.05, 3.63) is 18.0 Å². The highest BCUT2D eigenvalue weighted by Crippen LogP contribution is 2.30. The molecule has 1 aliphatic rings. The van der Waals surface area contributed by atoms with Gasteiger partial charge in [0, 0.05) is 25.3 Å². The lowest BCUT2D eigenvalue weighted by atomic mass is 9.86. The number of rotatable bonds is 11. The van der Waals surface area contributed by atoms with Crippen LogP contribution in [-0.2, 0) is 14.3 Å². The summed E-state index contributed by atoms with van der Waals surface area (Å²) in [6.07, 6.45) is 4.31. The second kappa shape index (κ2) is 10.6. The molecule has 29 heavy (non-hydrogen) atoms. The van der Waals surface area contributed by atoms with E-state index in [1.807, 2.05) is 20.8 Å². The van der Waals surface area contributed by atoms with Crippen LogP contribution in [0.4, 0.5) is 0 Å². The van der Waals surface area contributed by atoms with Gasteiger partial charge in [-0.1, -0.05) is 27.2 Å². The SMILES string of the molecule is COc1ccnc(C(=O)C[C@@H](C)C(=O)O[C@H](C(C)C)[C@H](C)OCC2CCC2)c1O. The minimum Gasteiger partial charge on any atom is -0.503 e. The van der Waals surface area contributed by atoms with E-state index in [0.29, 0.717) is 12.5 Å². The Labute approximate surface area is 172 Å². The predicted molar refractivity (Wildman–Crippen MR) is 108 cm³/mol.